The zero-order chi connectivity index (χ0) is 20.6. The van der Waals surface area contributed by atoms with Gasteiger partial charge in [-0.05, 0) is 19.3 Å². The minimum absolute atomic E-state index is 0.0796. The highest BCUT2D eigenvalue weighted by atomic mass is 19.4. The van der Waals surface area contributed by atoms with Crippen LogP contribution >= 0.6 is 0 Å². The highest BCUT2D eigenvalue weighted by Crippen LogP contribution is 2.29. The van der Waals surface area contributed by atoms with Gasteiger partial charge in [0.25, 0.3) is 5.91 Å². The number of halogens is 3. The van der Waals surface area contributed by atoms with Gasteiger partial charge in [-0.15, -0.1) is 0 Å². The Labute approximate surface area is 165 Å². The van der Waals surface area contributed by atoms with Gasteiger partial charge in [0.15, 0.2) is 5.69 Å². The van der Waals surface area contributed by atoms with Crippen LogP contribution in [0.15, 0.2) is 18.5 Å². The van der Waals surface area contributed by atoms with Crippen molar-refractivity contribution in [3.63, 3.8) is 0 Å². The first kappa shape index (κ1) is 19.5. The van der Waals surface area contributed by atoms with E-state index in [2.05, 4.69) is 15.1 Å². The van der Waals surface area contributed by atoms with Crippen molar-refractivity contribution in [1.82, 2.24) is 24.6 Å². The third-order valence-electron chi connectivity index (χ3n) is 5.25. The normalized spacial score (nSPS) is 17.9. The van der Waals surface area contributed by atoms with Crippen LogP contribution in [-0.2, 0) is 13.2 Å². The summed E-state index contributed by atoms with van der Waals surface area (Å²) in [5, 5.41) is 3.41. The summed E-state index contributed by atoms with van der Waals surface area (Å²) in [6, 6.07) is 2.58. The van der Waals surface area contributed by atoms with Crippen LogP contribution in [0.4, 0.5) is 19.0 Å². The number of anilines is 1. The number of nitrogens with zero attached hydrogens (tertiary/aromatic N) is 6. The molecular weight excluding hydrogens is 389 g/mol. The molecule has 0 aromatic carbocycles. The van der Waals surface area contributed by atoms with E-state index in [0.29, 0.717) is 37.9 Å². The first-order valence-corrected chi connectivity index (χ1v) is 9.45. The maximum atomic E-state index is 12.8. The highest BCUT2D eigenvalue weighted by molar-refractivity contribution is 5.93. The number of amides is 1. The third kappa shape index (κ3) is 4.13. The minimum Gasteiger partial charge on any atom is -0.474 e. The van der Waals surface area contributed by atoms with Crippen LogP contribution < -0.4 is 9.64 Å². The molecule has 0 bridgehead atoms. The SMILES string of the molecule is Cn1nc(C(F)(F)F)cc1C(=O)N1CCN(c2cc(OC3CCC3)ncn2)CC1. The first-order valence-electron chi connectivity index (χ1n) is 9.45. The maximum absolute atomic E-state index is 12.8. The standard InChI is InChI=1S/C18H21F3N6O2/c1-25-13(9-14(24-25)18(19,20)21)17(28)27-7-5-26(6-8-27)15-10-16(23-11-22-15)29-12-3-2-4-12/h9-12H,2-8H2,1H3. The molecule has 8 nitrogen and oxygen atoms in total. The molecule has 1 amide bonds. The molecule has 156 valence electrons. The number of ether oxygens (including phenoxy) is 1. The molecule has 0 unspecified atom stereocenters. The molecule has 1 saturated heterocycles. The Kier molecular flexibility index (Phi) is 5.05. The van der Waals surface area contributed by atoms with Crippen LogP contribution in [-0.4, -0.2) is 62.8 Å². The van der Waals surface area contributed by atoms with Crippen molar-refractivity contribution >= 4 is 11.7 Å². The van der Waals surface area contributed by atoms with E-state index >= 15 is 0 Å². The van der Waals surface area contributed by atoms with E-state index in [-0.39, 0.29) is 11.8 Å². The van der Waals surface area contributed by atoms with E-state index in [0.717, 1.165) is 23.6 Å². The van der Waals surface area contributed by atoms with Gasteiger partial charge in [-0.25, -0.2) is 9.97 Å². The lowest BCUT2D eigenvalue weighted by Gasteiger charge is -2.35. The second-order valence-corrected chi connectivity index (χ2v) is 7.20. The molecule has 1 aliphatic carbocycles. The van der Waals surface area contributed by atoms with E-state index in [1.807, 2.05) is 4.90 Å². The van der Waals surface area contributed by atoms with Gasteiger partial charge in [0, 0.05) is 45.4 Å². The van der Waals surface area contributed by atoms with Gasteiger partial charge in [0.05, 0.1) is 0 Å². The van der Waals surface area contributed by atoms with Crippen molar-refractivity contribution in [2.24, 2.45) is 7.05 Å². The lowest BCUT2D eigenvalue weighted by Crippen LogP contribution is -2.49. The average molecular weight is 410 g/mol. The zero-order valence-electron chi connectivity index (χ0n) is 15.9. The van der Waals surface area contributed by atoms with E-state index in [1.54, 1.807) is 6.07 Å². The molecule has 4 rings (SSSR count). The molecule has 0 N–H and O–H groups in total. The summed E-state index contributed by atoms with van der Waals surface area (Å²) < 4.78 is 45.3. The van der Waals surface area contributed by atoms with Gasteiger partial charge in [-0.2, -0.15) is 18.3 Å². The van der Waals surface area contributed by atoms with Gasteiger partial charge < -0.3 is 14.5 Å². The van der Waals surface area contributed by atoms with Crippen molar-refractivity contribution in [1.29, 1.82) is 0 Å². The van der Waals surface area contributed by atoms with Gasteiger partial charge in [0.1, 0.15) is 23.9 Å². The third-order valence-corrected chi connectivity index (χ3v) is 5.25. The fraction of sp³-hybridized carbons (Fsp3) is 0.556. The van der Waals surface area contributed by atoms with E-state index < -0.39 is 17.8 Å². The Morgan fingerprint density at radius 1 is 1.14 bits per heavy atom. The number of rotatable bonds is 4. The van der Waals surface area contributed by atoms with Crippen LogP contribution in [0, 0.1) is 0 Å². The largest absolute Gasteiger partial charge is 0.474 e. The quantitative estimate of drug-likeness (QED) is 0.769. The number of aryl methyl sites for hydroxylation is 1. The van der Waals surface area contributed by atoms with Crippen LogP contribution in [0.25, 0.3) is 0 Å². The lowest BCUT2D eigenvalue weighted by molar-refractivity contribution is -0.141. The maximum Gasteiger partial charge on any atom is 0.435 e. The average Bonchev–Trinajstić information content (AvgIpc) is 3.07. The van der Waals surface area contributed by atoms with Gasteiger partial charge in [0.2, 0.25) is 5.88 Å². The molecule has 2 fully saturated rings. The summed E-state index contributed by atoms with van der Waals surface area (Å²) in [6.07, 6.45) is 0.317. The van der Waals surface area contributed by atoms with Crippen molar-refractivity contribution < 1.29 is 22.7 Å². The summed E-state index contributed by atoms with van der Waals surface area (Å²) in [6.45, 7) is 1.76. The molecule has 29 heavy (non-hydrogen) atoms. The van der Waals surface area contributed by atoms with E-state index in [4.69, 9.17) is 4.74 Å². The smallest absolute Gasteiger partial charge is 0.435 e. The Morgan fingerprint density at radius 3 is 2.45 bits per heavy atom. The zero-order valence-corrected chi connectivity index (χ0v) is 15.9. The number of hydrogen-bond acceptors (Lipinski definition) is 6. The highest BCUT2D eigenvalue weighted by Gasteiger charge is 2.36. The summed E-state index contributed by atoms with van der Waals surface area (Å²) in [5.74, 6) is 0.779. The van der Waals surface area contributed by atoms with Crippen LogP contribution in [0.1, 0.15) is 35.4 Å². The molecule has 0 radical (unpaired) electrons. The molecule has 0 spiro atoms. The molecule has 2 aliphatic rings. The number of alkyl halides is 3. The van der Waals surface area contributed by atoms with Crippen molar-refractivity contribution in [2.75, 3.05) is 31.1 Å². The number of piperazine rings is 1. The number of hydrogen-bond donors (Lipinski definition) is 0. The van der Waals surface area contributed by atoms with E-state index in [1.165, 1.54) is 24.7 Å². The fourth-order valence-corrected chi connectivity index (χ4v) is 3.33. The topological polar surface area (TPSA) is 76.4 Å². The Hall–Kier alpha value is -2.85. The summed E-state index contributed by atoms with van der Waals surface area (Å²) in [5.41, 5.74) is -1.15. The number of carbonyl (C=O) groups excluding carboxylic acids is 1. The van der Waals surface area contributed by atoms with Crippen molar-refractivity contribution in [3.8, 4) is 5.88 Å². The Bertz CT molecular complexity index is 888. The predicted molar refractivity (Wildman–Crippen MR) is 96.6 cm³/mol. The second-order valence-electron chi connectivity index (χ2n) is 7.20. The summed E-state index contributed by atoms with van der Waals surface area (Å²) in [4.78, 5) is 24.6. The first-order chi connectivity index (χ1) is 13.8. The lowest BCUT2D eigenvalue weighted by atomic mass is 9.96. The molecule has 3 heterocycles. The minimum atomic E-state index is -4.58. The second kappa shape index (κ2) is 7.53. The Morgan fingerprint density at radius 2 is 1.86 bits per heavy atom. The molecule has 1 aliphatic heterocycles. The molecule has 11 heteroatoms. The van der Waals surface area contributed by atoms with Crippen molar-refractivity contribution in [3.05, 3.63) is 29.8 Å². The van der Waals surface area contributed by atoms with Gasteiger partial charge >= 0.3 is 6.18 Å². The number of carbonyl (C=O) groups is 1. The van der Waals surface area contributed by atoms with Crippen molar-refractivity contribution in [2.45, 2.75) is 31.5 Å². The molecule has 2 aromatic rings. The Balaban J connectivity index is 1.39. The van der Waals surface area contributed by atoms with Gasteiger partial charge in [-0.3, -0.25) is 9.48 Å². The molecule has 1 saturated carbocycles. The van der Waals surface area contributed by atoms with E-state index in [9.17, 15) is 18.0 Å². The molecule has 0 atom stereocenters. The molecule has 2 aromatic heterocycles. The fourth-order valence-electron chi connectivity index (χ4n) is 3.33. The van der Waals surface area contributed by atoms with Crippen LogP contribution in [0.5, 0.6) is 5.88 Å². The predicted octanol–water partition coefficient (Wildman–Crippen LogP) is 2.12. The number of aromatic nitrogens is 4. The van der Waals surface area contributed by atoms with Gasteiger partial charge in [-0.1, -0.05) is 0 Å². The molecular formula is C18H21F3N6O2. The summed E-state index contributed by atoms with van der Waals surface area (Å²) in [7, 11) is 1.34. The monoisotopic (exact) mass is 410 g/mol. The summed E-state index contributed by atoms with van der Waals surface area (Å²) >= 11 is 0. The van der Waals surface area contributed by atoms with Crippen LogP contribution in [0.2, 0.25) is 0 Å². The van der Waals surface area contributed by atoms with Crippen LogP contribution in [0.3, 0.4) is 0 Å².